The summed E-state index contributed by atoms with van der Waals surface area (Å²) < 4.78 is 37.3. The molecule has 0 atom stereocenters. The summed E-state index contributed by atoms with van der Waals surface area (Å²) in [5, 5.41) is 5.60. The average molecular weight is 468 g/mol. The molecule has 2 aromatic carbocycles. The summed E-state index contributed by atoms with van der Waals surface area (Å²) in [5.41, 5.74) is 1.87. The van der Waals surface area contributed by atoms with E-state index in [1.807, 2.05) is 30.3 Å². The molecule has 170 valence electrons. The van der Waals surface area contributed by atoms with Gasteiger partial charge in [0.05, 0.1) is 35.5 Å². The van der Waals surface area contributed by atoms with Crippen molar-refractivity contribution in [2.75, 3.05) is 13.2 Å². The van der Waals surface area contributed by atoms with Gasteiger partial charge < -0.3 is 9.15 Å². The first-order chi connectivity index (χ1) is 15.9. The minimum absolute atomic E-state index is 0.00616. The summed E-state index contributed by atoms with van der Waals surface area (Å²) >= 11 is 0. The van der Waals surface area contributed by atoms with Gasteiger partial charge in [-0.2, -0.15) is 5.10 Å². The van der Waals surface area contributed by atoms with Crippen LogP contribution in [0, 0.1) is 0 Å². The molecule has 1 aliphatic rings. The molecule has 3 aromatic rings. The van der Waals surface area contributed by atoms with Gasteiger partial charge in [-0.1, -0.05) is 30.3 Å². The number of hydrogen-bond donors (Lipinski definition) is 1. The van der Waals surface area contributed by atoms with E-state index in [0.717, 1.165) is 11.3 Å². The number of ether oxygens (including phenoxy) is 1. The van der Waals surface area contributed by atoms with Crippen LogP contribution in [0.5, 0.6) is 0 Å². The normalized spacial score (nSPS) is 13.6. The van der Waals surface area contributed by atoms with E-state index in [-0.39, 0.29) is 17.0 Å². The Bertz CT molecular complexity index is 1250. The van der Waals surface area contributed by atoms with Crippen LogP contribution in [0.15, 0.2) is 87.4 Å². The molecule has 0 fully saturated rings. The van der Waals surface area contributed by atoms with E-state index < -0.39 is 28.5 Å². The van der Waals surface area contributed by atoms with Crippen LogP contribution in [0.25, 0.3) is 0 Å². The minimum Gasteiger partial charge on any atom is -0.468 e. The van der Waals surface area contributed by atoms with Gasteiger partial charge in [-0.15, -0.1) is 0 Å². The fraction of sp³-hybridized carbons (Fsp3) is 0.174. The van der Waals surface area contributed by atoms with Crippen molar-refractivity contribution in [3.8, 4) is 0 Å². The second kappa shape index (κ2) is 9.80. The molecular formula is C23H21N3O6S. The molecule has 10 heteroatoms. The molecule has 0 unspecified atom stereocenters. The number of hydrogen-bond acceptors (Lipinski definition) is 7. The van der Waals surface area contributed by atoms with Crippen molar-refractivity contribution in [3.05, 3.63) is 89.9 Å². The molecule has 0 bridgehead atoms. The monoisotopic (exact) mass is 467 g/mol. The van der Waals surface area contributed by atoms with Crippen LogP contribution in [0.1, 0.15) is 28.1 Å². The van der Waals surface area contributed by atoms with Crippen molar-refractivity contribution in [3.63, 3.8) is 0 Å². The Kier molecular flexibility index (Phi) is 6.66. The highest BCUT2D eigenvalue weighted by Crippen LogP contribution is 2.15. The quantitative estimate of drug-likeness (QED) is 0.509. The fourth-order valence-corrected chi connectivity index (χ4v) is 4.18. The number of sulfonamides is 1. The SMILES string of the molecule is O=C(OCC(=O)N1CCC(c2ccccc2)=N1)c1ccc(S(=O)(=O)NCc2ccco2)cc1. The molecule has 0 radical (unpaired) electrons. The number of furan rings is 1. The molecule has 0 spiro atoms. The molecule has 2 heterocycles. The third-order valence-electron chi connectivity index (χ3n) is 4.94. The van der Waals surface area contributed by atoms with Crippen molar-refractivity contribution in [2.24, 2.45) is 5.10 Å². The van der Waals surface area contributed by atoms with Crippen molar-refractivity contribution >= 4 is 27.6 Å². The number of benzene rings is 2. The van der Waals surface area contributed by atoms with Gasteiger partial charge in [0.1, 0.15) is 5.76 Å². The van der Waals surface area contributed by atoms with Crippen molar-refractivity contribution in [2.45, 2.75) is 17.9 Å². The lowest BCUT2D eigenvalue weighted by Gasteiger charge is -2.11. The summed E-state index contributed by atoms with van der Waals surface area (Å²) in [6.07, 6.45) is 2.07. The van der Waals surface area contributed by atoms with Gasteiger partial charge >= 0.3 is 5.97 Å². The highest BCUT2D eigenvalue weighted by molar-refractivity contribution is 7.89. The van der Waals surface area contributed by atoms with E-state index >= 15 is 0 Å². The Balaban J connectivity index is 1.31. The summed E-state index contributed by atoms with van der Waals surface area (Å²) in [7, 11) is -3.78. The predicted molar refractivity (Wildman–Crippen MR) is 119 cm³/mol. The molecule has 9 nitrogen and oxygen atoms in total. The Labute approximate surface area is 190 Å². The maximum Gasteiger partial charge on any atom is 0.338 e. The van der Waals surface area contributed by atoms with Crippen LogP contribution < -0.4 is 4.72 Å². The first kappa shape index (κ1) is 22.4. The number of rotatable bonds is 8. The molecule has 1 amide bonds. The van der Waals surface area contributed by atoms with E-state index in [9.17, 15) is 18.0 Å². The van der Waals surface area contributed by atoms with E-state index in [2.05, 4.69) is 9.82 Å². The number of esters is 1. The lowest BCUT2D eigenvalue weighted by Crippen LogP contribution is -2.28. The largest absolute Gasteiger partial charge is 0.468 e. The van der Waals surface area contributed by atoms with Crippen molar-refractivity contribution in [1.82, 2.24) is 9.73 Å². The maximum atomic E-state index is 12.4. The van der Waals surface area contributed by atoms with Crippen LogP contribution in [0.4, 0.5) is 0 Å². The number of carbonyl (C=O) groups excluding carboxylic acids is 2. The van der Waals surface area contributed by atoms with Gasteiger partial charge in [0.2, 0.25) is 10.0 Å². The van der Waals surface area contributed by atoms with E-state index in [1.165, 1.54) is 35.5 Å². The van der Waals surface area contributed by atoms with Gasteiger partial charge in [0, 0.05) is 6.42 Å². The third-order valence-corrected chi connectivity index (χ3v) is 6.36. The number of nitrogens with zero attached hydrogens (tertiary/aromatic N) is 2. The molecule has 0 saturated carbocycles. The number of carbonyl (C=O) groups is 2. The number of amides is 1. The first-order valence-corrected chi connectivity index (χ1v) is 11.6. The zero-order chi connectivity index (χ0) is 23.3. The molecule has 1 aliphatic heterocycles. The zero-order valence-electron chi connectivity index (χ0n) is 17.5. The molecule has 4 rings (SSSR count). The maximum absolute atomic E-state index is 12.4. The topological polar surface area (TPSA) is 118 Å². The van der Waals surface area contributed by atoms with Crippen LogP contribution >= 0.6 is 0 Å². The van der Waals surface area contributed by atoms with Gasteiger partial charge in [-0.3, -0.25) is 4.79 Å². The lowest BCUT2D eigenvalue weighted by molar-refractivity contribution is -0.134. The highest BCUT2D eigenvalue weighted by Gasteiger charge is 2.23. The molecular weight excluding hydrogens is 446 g/mol. The summed E-state index contributed by atoms with van der Waals surface area (Å²) in [5.74, 6) is -0.695. The standard InChI is InChI=1S/C23H21N3O6S/c27-22(26-13-12-21(25-26)17-5-2-1-3-6-17)16-32-23(28)18-8-10-20(11-9-18)33(29,30)24-15-19-7-4-14-31-19/h1-11,14,24H,12-13,15-16H2. The molecule has 1 aromatic heterocycles. The van der Waals surface area contributed by atoms with E-state index in [4.69, 9.17) is 9.15 Å². The Hall–Kier alpha value is -3.76. The lowest BCUT2D eigenvalue weighted by atomic mass is 10.1. The third kappa shape index (κ3) is 5.54. The molecule has 0 aliphatic carbocycles. The molecule has 33 heavy (non-hydrogen) atoms. The first-order valence-electron chi connectivity index (χ1n) is 10.1. The zero-order valence-corrected chi connectivity index (χ0v) is 18.3. The Morgan fingerprint density at radius 1 is 1.03 bits per heavy atom. The predicted octanol–water partition coefficient (Wildman–Crippen LogP) is 2.55. The van der Waals surface area contributed by atoms with Crippen LogP contribution in [-0.4, -0.2) is 44.2 Å². The summed E-state index contributed by atoms with van der Waals surface area (Å²) in [6.45, 7) is -0.0421. The number of hydrazone groups is 1. The van der Waals surface area contributed by atoms with Gasteiger partial charge in [0.25, 0.3) is 5.91 Å². The molecule has 0 saturated heterocycles. The summed E-state index contributed by atoms with van der Waals surface area (Å²) in [6, 6.07) is 18.1. The van der Waals surface area contributed by atoms with Crippen molar-refractivity contribution < 1.29 is 27.2 Å². The minimum atomic E-state index is -3.78. The van der Waals surface area contributed by atoms with Crippen LogP contribution in [0.3, 0.4) is 0 Å². The van der Waals surface area contributed by atoms with E-state index in [0.29, 0.717) is 18.7 Å². The van der Waals surface area contributed by atoms with Gasteiger partial charge in [-0.25, -0.2) is 22.9 Å². The Morgan fingerprint density at radius 2 is 1.79 bits per heavy atom. The second-order valence-electron chi connectivity index (χ2n) is 7.18. The van der Waals surface area contributed by atoms with Gasteiger partial charge in [0.15, 0.2) is 6.61 Å². The van der Waals surface area contributed by atoms with Crippen LogP contribution in [0.2, 0.25) is 0 Å². The molecule has 1 N–H and O–H groups in total. The fourth-order valence-electron chi connectivity index (χ4n) is 3.19. The number of nitrogens with one attached hydrogen (secondary N) is 1. The van der Waals surface area contributed by atoms with Gasteiger partial charge in [-0.05, 0) is 42.0 Å². The smallest absolute Gasteiger partial charge is 0.338 e. The van der Waals surface area contributed by atoms with Crippen LogP contribution in [-0.2, 0) is 26.1 Å². The highest BCUT2D eigenvalue weighted by atomic mass is 32.2. The average Bonchev–Trinajstić information content (AvgIpc) is 3.54. The van der Waals surface area contributed by atoms with Crippen molar-refractivity contribution in [1.29, 1.82) is 0 Å². The second-order valence-corrected chi connectivity index (χ2v) is 8.95. The summed E-state index contributed by atoms with van der Waals surface area (Å²) in [4.78, 5) is 24.6. The van der Waals surface area contributed by atoms with E-state index in [1.54, 1.807) is 12.1 Å². The Morgan fingerprint density at radius 3 is 2.48 bits per heavy atom.